The van der Waals surface area contributed by atoms with E-state index >= 15 is 0 Å². The monoisotopic (exact) mass is 425 g/mol. The number of hydrogen-bond acceptors (Lipinski definition) is 5. The molecular weight excluding hydrogens is 398 g/mol. The van der Waals surface area contributed by atoms with E-state index in [-0.39, 0.29) is 17.8 Å². The highest BCUT2D eigenvalue weighted by Gasteiger charge is 2.29. The van der Waals surface area contributed by atoms with Gasteiger partial charge in [-0.25, -0.2) is 0 Å². The molecule has 3 aromatic rings. The summed E-state index contributed by atoms with van der Waals surface area (Å²) in [4.78, 5) is 26.7. The number of fused-ring (bicyclic) bond motifs is 1. The number of pyridine rings is 2. The Morgan fingerprint density at radius 1 is 1.16 bits per heavy atom. The molecule has 32 heavy (non-hydrogen) atoms. The van der Waals surface area contributed by atoms with Gasteiger partial charge in [-0.05, 0) is 49.1 Å². The molecule has 2 aliphatic rings. The molecule has 0 saturated carbocycles. The van der Waals surface area contributed by atoms with Crippen LogP contribution >= 0.6 is 0 Å². The number of rotatable bonds is 7. The summed E-state index contributed by atoms with van der Waals surface area (Å²) in [5, 5.41) is 0. The van der Waals surface area contributed by atoms with Crippen LogP contribution in [0.3, 0.4) is 0 Å². The normalized spacial score (nSPS) is 18.3. The van der Waals surface area contributed by atoms with Crippen LogP contribution in [-0.2, 0) is 22.5 Å². The van der Waals surface area contributed by atoms with Gasteiger partial charge in [0, 0.05) is 60.3 Å². The average molecular weight is 426 g/mol. The number of Topliss-reactive ketones (excluding diaryl/α,β-unsaturated/α-hetero) is 1. The van der Waals surface area contributed by atoms with Crippen molar-refractivity contribution in [1.29, 1.82) is 0 Å². The zero-order valence-electron chi connectivity index (χ0n) is 18.3. The quantitative estimate of drug-likeness (QED) is 0.555. The lowest BCUT2D eigenvalue weighted by molar-refractivity contribution is -0.119. The second-order valence-electron chi connectivity index (χ2n) is 8.67. The van der Waals surface area contributed by atoms with Crippen LogP contribution in [0.15, 0.2) is 65.9 Å². The zero-order valence-corrected chi connectivity index (χ0v) is 18.3. The zero-order chi connectivity index (χ0) is 21.9. The molecule has 0 amide bonds. The van der Waals surface area contributed by atoms with E-state index in [2.05, 4.69) is 22.1 Å². The van der Waals surface area contributed by atoms with Crippen LogP contribution in [0.5, 0.6) is 0 Å². The summed E-state index contributed by atoms with van der Waals surface area (Å²) in [7, 11) is 0. The van der Waals surface area contributed by atoms with Crippen LogP contribution in [0, 0.1) is 6.92 Å². The van der Waals surface area contributed by atoms with E-state index in [4.69, 9.17) is 9.73 Å². The van der Waals surface area contributed by atoms with E-state index < -0.39 is 0 Å². The van der Waals surface area contributed by atoms with Gasteiger partial charge in [0.1, 0.15) is 5.78 Å². The molecule has 0 aliphatic carbocycles. The van der Waals surface area contributed by atoms with E-state index in [0.29, 0.717) is 19.4 Å². The van der Waals surface area contributed by atoms with Gasteiger partial charge in [0.2, 0.25) is 0 Å². The number of carbonyl (C=O) groups excluding carboxylic acids is 1. The molecule has 2 atom stereocenters. The van der Waals surface area contributed by atoms with E-state index in [9.17, 15) is 4.79 Å². The summed E-state index contributed by atoms with van der Waals surface area (Å²) in [5.41, 5.74) is 7.16. The first-order valence-corrected chi connectivity index (χ1v) is 11.3. The van der Waals surface area contributed by atoms with E-state index in [1.54, 1.807) is 0 Å². The fourth-order valence-electron chi connectivity index (χ4n) is 4.78. The Hall–Kier alpha value is -3.18. The number of hydrogen-bond donors (Lipinski definition) is 0. The minimum Gasteiger partial charge on any atom is -0.378 e. The Labute approximate surface area is 188 Å². The van der Waals surface area contributed by atoms with Gasteiger partial charge < -0.3 is 4.74 Å². The summed E-state index contributed by atoms with van der Waals surface area (Å²) < 4.78 is 5.96. The van der Waals surface area contributed by atoms with E-state index in [1.807, 2.05) is 55.7 Å². The van der Waals surface area contributed by atoms with Crippen molar-refractivity contribution < 1.29 is 9.53 Å². The minimum atomic E-state index is 0.102. The molecule has 2 aliphatic heterocycles. The number of nitrogens with zero attached hydrogens (tertiary/aromatic N) is 3. The molecule has 5 nitrogen and oxygen atoms in total. The average Bonchev–Trinajstić information content (AvgIpc) is 3.48. The summed E-state index contributed by atoms with van der Waals surface area (Å²) in [6, 6.07) is 16.3. The number of benzene rings is 1. The Bertz CT molecular complexity index is 1150. The molecule has 0 spiro atoms. The summed E-state index contributed by atoms with van der Waals surface area (Å²) >= 11 is 0. The summed E-state index contributed by atoms with van der Waals surface area (Å²) in [5.74, 6) is 0.302. The van der Waals surface area contributed by atoms with Crippen LogP contribution < -0.4 is 0 Å². The summed E-state index contributed by atoms with van der Waals surface area (Å²) in [6.07, 6.45) is 6.69. The molecular formula is C27H27N3O2. The van der Waals surface area contributed by atoms with Crippen molar-refractivity contribution in [1.82, 2.24) is 9.97 Å². The number of aromatic nitrogens is 2. The van der Waals surface area contributed by atoms with E-state index in [0.717, 1.165) is 53.2 Å². The lowest BCUT2D eigenvalue weighted by Crippen LogP contribution is -2.22. The van der Waals surface area contributed by atoms with Gasteiger partial charge in [-0.1, -0.05) is 30.3 Å². The summed E-state index contributed by atoms with van der Waals surface area (Å²) in [6.45, 7) is 3.39. The molecule has 1 aromatic carbocycles. The molecule has 0 radical (unpaired) electrons. The van der Waals surface area contributed by atoms with Gasteiger partial charge in [0.05, 0.1) is 18.4 Å². The van der Waals surface area contributed by atoms with Crippen molar-refractivity contribution in [3.05, 3.63) is 94.6 Å². The molecule has 4 heterocycles. The SMILES string of the molecule is Cc1cc(C2=NCc3cc(CC(=O)C[C@H](c4ccccc4)[C@H]4CCCO4)ncc32)ccn1. The number of ketones is 1. The van der Waals surface area contributed by atoms with Crippen molar-refractivity contribution >= 4 is 11.5 Å². The Morgan fingerprint density at radius 3 is 2.81 bits per heavy atom. The van der Waals surface area contributed by atoms with Gasteiger partial charge >= 0.3 is 0 Å². The molecule has 162 valence electrons. The van der Waals surface area contributed by atoms with Crippen LogP contribution in [-0.4, -0.2) is 34.2 Å². The van der Waals surface area contributed by atoms with Crippen LogP contribution in [0.1, 0.15) is 58.8 Å². The third-order valence-corrected chi connectivity index (χ3v) is 6.35. The van der Waals surface area contributed by atoms with E-state index in [1.165, 1.54) is 5.56 Å². The second kappa shape index (κ2) is 9.13. The maximum absolute atomic E-state index is 13.0. The maximum Gasteiger partial charge on any atom is 0.139 e. The first kappa shape index (κ1) is 20.7. The predicted octanol–water partition coefficient (Wildman–Crippen LogP) is 4.60. The van der Waals surface area contributed by atoms with Crippen molar-refractivity contribution in [2.75, 3.05) is 6.61 Å². The maximum atomic E-state index is 13.0. The van der Waals surface area contributed by atoms with Gasteiger partial charge in [-0.3, -0.25) is 19.8 Å². The van der Waals surface area contributed by atoms with Crippen molar-refractivity contribution in [3.8, 4) is 0 Å². The first-order valence-electron chi connectivity index (χ1n) is 11.3. The minimum absolute atomic E-state index is 0.102. The number of carbonyl (C=O) groups is 1. The van der Waals surface area contributed by atoms with Crippen LogP contribution in [0.25, 0.3) is 0 Å². The Kier molecular flexibility index (Phi) is 5.91. The van der Waals surface area contributed by atoms with Crippen molar-refractivity contribution in [2.24, 2.45) is 4.99 Å². The fraction of sp³-hybridized carbons (Fsp3) is 0.333. The first-order chi connectivity index (χ1) is 15.7. The largest absolute Gasteiger partial charge is 0.378 e. The fourth-order valence-corrected chi connectivity index (χ4v) is 4.78. The third-order valence-electron chi connectivity index (χ3n) is 6.35. The standard InChI is InChI=1S/C27H27N3O2/c1-18-12-20(9-10-28-18)27-25-17-29-22(13-21(25)16-30-27)14-23(31)15-24(26-8-5-11-32-26)19-6-3-2-4-7-19/h2-4,6-7,9-10,12-13,17,24,26H,5,8,11,14-16H2,1H3/t24-,26-/m1/s1. The molecule has 0 unspecified atom stereocenters. The topological polar surface area (TPSA) is 64.4 Å². The number of aryl methyl sites for hydroxylation is 1. The second-order valence-corrected chi connectivity index (χ2v) is 8.67. The molecule has 1 saturated heterocycles. The third kappa shape index (κ3) is 4.39. The lowest BCUT2D eigenvalue weighted by Gasteiger charge is -2.23. The van der Waals surface area contributed by atoms with Gasteiger partial charge in [0.15, 0.2) is 0 Å². The Balaban J connectivity index is 1.30. The molecule has 0 N–H and O–H groups in total. The van der Waals surface area contributed by atoms with Gasteiger partial charge in [0.25, 0.3) is 0 Å². The van der Waals surface area contributed by atoms with Crippen LogP contribution in [0.2, 0.25) is 0 Å². The molecule has 1 fully saturated rings. The predicted molar refractivity (Wildman–Crippen MR) is 124 cm³/mol. The Morgan fingerprint density at radius 2 is 2.03 bits per heavy atom. The van der Waals surface area contributed by atoms with Crippen molar-refractivity contribution in [2.45, 2.75) is 51.2 Å². The van der Waals surface area contributed by atoms with Gasteiger partial charge in [-0.2, -0.15) is 0 Å². The highest BCUT2D eigenvalue weighted by molar-refractivity contribution is 6.15. The number of aliphatic imine (C=N–C) groups is 1. The molecule has 5 heteroatoms. The van der Waals surface area contributed by atoms with Crippen molar-refractivity contribution in [3.63, 3.8) is 0 Å². The molecule has 5 rings (SSSR count). The van der Waals surface area contributed by atoms with Crippen LogP contribution in [0.4, 0.5) is 0 Å². The highest BCUT2D eigenvalue weighted by Crippen LogP contribution is 2.32. The highest BCUT2D eigenvalue weighted by atomic mass is 16.5. The molecule has 0 bridgehead atoms. The lowest BCUT2D eigenvalue weighted by atomic mass is 9.86. The smallest absolute Gasteiger partial charge is 0.139 e. The number of ether oxygens (including phenoxy) is 1. The molecule has 2 aromatic heterocycles. The van der Waals surface area contributed by atoms with Gasteiger partial charge in [-0.15, -0.1) is 0 Å².